The number of aryl methyl sites for hydroxylation is 2. The van der Waals surface area contributed by atoms with Crippen LogP contribution in [0.25, 0.3) is 10.2 Å². The van der Waals surface area contributed by atoms with Crippen molar-refractivity contribution in [2.75, 3.05) is 26.2 Å². The van der Waals surface area contributed by atoms with E-state index in [1.165, 1.54) is 33.8 Å². The number of nitrogens with zero attached hydrogens (tertiary/aromatic N) is 4. The highest BCUT2D eigenvalue weighted by Gasteiger charge is 2.33. The monoisotopic (exact) mass is 476 g/mol. The molecule has 8 nitrogen and oxygen atoms in total. The van der Waals surface area contributed by atoms with E-state index >= 15 is 0 Å². The van der Waals surface area contributed by atoms with Gasteiger partial charge < -0.3 is 4.90 Å². The second-order valence-electron chi connectivity index (χ2n) is 7.95. The molecule has 2 aliphatic rings. The van der Waals surface area contributed by atoms with Crippen molar-refractivity contribution in [3.63, 3.8) is 0 Å². The van der Waals surface area contributed by atoms with Gasteiger partial charge in [-0.1, -0.05) is 12.1 Å². The molecule has 5 rings (SSSR count). The van der Waals surface area contributed by atoms with E-state index in [9.17, 15) is 22.4 Å². The minimum atomic E-state index is -3.98. The van der Waals surface area contributed by atoms with E-state index in [1.807, 2.05) is 0 Å². The summed E-state index contributed by atoms with van der Waals surface area (Å²) in [5, 5.41) is 0.491. The molecule has 0 aliphatic carbocycles. The topological polar surface area (TPSA) is 92.6 Å². The van der Waals surface area contributed by atoms with E-state index in [-0.39, 0.29) is 42.5 Å². The fourth-order valence-corrected chi connectivity index (χ4v) is 6.99. The molecule has 1 aromatic carbocycles. The molecule has 32 heavy (non-hydrogen) atoms. The van der Waals surface area contributed by atoms with E-state index in [0.29, 0.717) is 27.2 Å². The van der Waals surface area contributed by atoms with Crippen molar-refractivity contribution in [1.82, 2.24) is 18.8 Å². The van der Waals surface area contributed by atoms with Gasteiger partial charge in [0.25, 0.3) is 11.5 Å². The first-order chi connectivity index (χ1) is 15.3. The summed E-state index contributed by atoms with van der Waals surface area (Å²) in [6, 6.07) is 5.27. The van der Waals surface area contributed by atoms with Gasteiger partial charge in [0.15, 0.2) is 0 Å². The number of fused-ring (bicyclic) bond motifs is 2. The third kappa shape index (κ3) is 3.26. The minimum absolute atomic E-state index is 0.0710. The summed E-state index contributed by atoms with van der Waals surface area (Å²) in [5.74, 6) is -0.273. The zero-order valence-corrected chi connectivity index (χ0v) is 19.0. The van der Waals surface area contributed by atoms with Crippen molar-refractivity contribution >= 4 is 37.5 Å². The van der Waals surface area contributed by atoms with Gasteiger partial charge in [-0.25, -0.2) is 17.8 Å². The summed E-state index contributed by atoms with van der Waals surface area (Å²) < 4.78 is 42.5. The molecular weight excluding hydrogens is 455 g/mol. The number of halogens is 1. The summed E-state index contributed by atoms with van der Waals surface area (Å²) in [5.41, 5.74) is 0.521. The van der Waals surface area contributed by atoms with E-state index in [4.69, 9.17) is 0 Å². The minimum Gasteiger partial charge on any atom is -0.335 e. The SMILES string of the molecule is Cc1c(C(=O)N2CCN(S(=O)(=O)c3ccccc3F)CC2)sc2nc3n(c(=O)c12)CCC3. The number of hydrogen-bond donors (Lipinski definition) is 0. The Balaban J connectivity index is 1.38. The first-order valence-corrected chi connectivity index (χ1v) is 12.6. The first-order valence-electron chi connectivity index (χ1n) is 10.4. The molecule has 2 aliphatic heterocycles. The number of piperazine rings is 1. The average Bonchev–Trinajstić information content (AvgIpc) is 3.38. The summed E-state index contributed by atoms with van der Waals surface area (Å²) in [6.45, 7) is 2.92. The number of sulfonamides is 1. The Morgan fingerprint density at radius 3 is 2.56 bits per heavy atom. The van der Waals surface area contributed by atoms with Gasteiger partial charge in [0.1, 0.15) is 21.4 Å². The lowest BCUT2D eigenvalue weighted by Crippen LogP contribution is -2.50. The number of hydrogen-bond acceptors (Lipinski definition) is 6. The fraction of sp³-hybridized carbons (Fsp3) is 0.381. The van der Waals surface area contributed by atoms with Crippen molar-refractivity contribution in [3.05, 3.63) is 56.7 Å². The maximum atomic E-state index is 14.0. The molecule has 1 saturated heterocycles. The quantitative estimate of drug-likeness (QED) is 0.577. The van der Waals surface area contributed by atoms with Crippen LogP contribution in [0, 0.1) is 12.7 Å². The van der Waals surface area contributed by atoms with Crippen molar-refractivity contribution in [1.29, 1.82) is 0 Å². The third-order valence-corrected chi connectivity index (χ3v) is 9.19. The van der Waals surface area contributed by atoms with Gasteiger partial charge in [0.2, 0.25) is 10.0 Å². The maximum Gasteiger partial charge on any atom is 0.264 e. The van der Waals surface area contributed by atoms with E-state index in [1.54, 1.807) is 16.4 Å². The largest absolute Gasteiger partial charge is 0.335 e. The molecule has 0 radical (unpaired) electrons. The molecule has 0 spiro atoms. The van der Waals surface area contributed by atoms with Crippen LogP contribution >= 0.6 is 11.3 Å². The predicted octanol–water partition coefficient (Wildman–Crippen LogP) is 2.00. The van der Waals surface area contributed by atoms with Crippen molar-refractivity contribution < 1.29 is 17.6 Å². The van der Waals surface area contributed by atoms with Gasteiger partial charge in [-0.15, -0.1) is 11.3 Å². The second kappa shape index (κ2) is 7.75. The number of carbonyl (C=O) groups is 1. The van der Waals surface area contributed by atoms with E-state index in [0.717, 1.165) is 24.7 Å². The Kier molecular flexibility index (Phi) is 5.14. The molecule has 168 valence electrons. The van der Waals surface area contributed by atoms with Crippen LogP contribution in [0.5, 0.6) is 0 Å². The molecule has 1 fully saturated rings. The number of rotatable bonds is 3. The second-order valence-corrected chi connectivity index (χ2v) is 10.9. The normalized spacial score (nSPS) is 17.1. The van der Waals surface area contributed by atoms with Gasteiger partial charge in [0.05, 0.1) is 10.3 Å². The van der Waals surface area contributed by atoms with Crippen LogP contribution in [0.3, 0.4) is 0 Å². The Hall–Kier alpha value is -2.63. The van der Waals surface area contributed by atoms with Crippen LogP contribution in [-0.2, 0) is 23.0 Å². The molecule has 1 amide bonds. The molecule has 0 atom stereocenters. The zero-order valence-electron chi connectivity index (χ0n) is 17.4. The highest BCUT2D eigenvalue weighted by molar-refractivity contribution is 7.89. The number of thiophene rings is 1. The lowest BCUT2D eigenvalue weighted by molar-refractivity contribution is 0.0702. The zero-order chi connectivity index (χ0) is 22.6. The van der Waals surface area contributed by atoms with Crippen molar-refractivity contribution in [2.24, 2.45) is 0 Å². The molecule has 11 heteroatoms. The fourth-order valence-electron chi connectivity index (χ4n) is 4.35. The van der Waals surface area contributed by atoms with Gasteiger partial charge in [-0.2, -0.15) is 4.31 Å². The van der Waals surface area contributed by atoms with E-state index in [2.05, 4.69) is 4.98 Å². The van der Waals surface area contributed by atoms with Crippen LogP contribution in [0.4, 0.5) is 4.39 Å². The number of aromatic nitrogens is 2. The molecular formula is C21H21FN4O4S2. The van der Waals surface area contributed by atoms with Crippen LogP contribution in [0.15, 0.2) is 34.0 Å². The lowest BCUT2D eigenvalue weighted by atomic mass is 10.2. The molecule has 0 N–H and O–H groups in total. The smallest absolute Gasteiger partial charge is 0.264 e. The molecule has 3 aromatic rings. The average molecular weight is 477 g/mol. The Morgan fingerprint density at radius 2 is 1.84 bits per heavy atom. The van der Waals surface area contributed by atoms with E-state index < -0.39 is 15.8 Å². The predicted molar refractivity (Wildman–Crippen MR) is 118 cm³/mol. The van der Waals surface area contributed by atoms with Crippen molar-refractivity contribution in [3.8, 4) is 0 Å². The molecule has 0 unspecified atom stereocenters. The molecule has 0 bridgehead atoms. The number of benzene rings is 1. The molecule has 4 heterocycles. The summed E-state index contributed by atoms with van der Waals surface area (Å²) in [6.07, 6.45) is 1.65. The summed E-state index contributed by atoms with van der Waals surface area (Å²) in [7, 11) is -3.98. The van der Waals surface area contributed by atoms with Gasteiger partial charge in [-0.05, 0) is 31.0 Å². The Bertz CT molecular complexity index is 1410. The van der Waals surface area contributed by atoms with Crippen molar-refractivity contribution in [2.45, 2.75) is 31.2 Å². The third-order valence-electron chi connectivity index (χ3n) is 6.09. The van der Waals surface area contributed by atoms with Gasteiger partial charge >= 0.3 is 0 Å². The Labute approximate surface area is 188 Å². The maximum absolute atomic E-state index is 14.0. The van der Waals surface area contributed by atoms with Crippen LogP contribution in [0.2, 0.25) is 0 Å². The first kappa shape index (κ1) is 21.2. The number of amides is 1. The van der Waals surface area contributed by atoms with Crippen LogP contribution < -0.4 is 5.56 Å². The number of carbonyl (C=O) groups excluding carboxylic acids is 1. The summed E-state index contributed by atoms with van der Waals surface area (Å²) in [4.78, 5) is 32.9. The highest BCUT2D eigenvalue weighted by Crippen LogP contribution is 2.30. The summed E-state index contributed by atoms with van der Waals surface area (Å²) >= 11 is 1.21. The standard InChI is InChI=1S/C21H21FN4O4S2/c1-13-17-19(23-16-7-4-8-26(16)20(17)27)31-18(13)21(28)24-9-11-25(12-10-24)32(29,30)15-6-3-2-5-14(15)22/h2-3,5-6H,4,7-12H2,1H3. The van der Waals surface area contributed by atoms with Gasteiger partial charge in [0, 0.05) is 39.1 Å². The van der Waals surface area contributed by atoms with Gasteiger partial charge in [-0.3, -0.25) is 14.2 Å². The van der Waals surface area contributed by atoms with Crippen LogP contribution in [0.1, 0.15) is 27.5 Å². The molecule has 0 saturated carbocycles. The Morgan fingerprint density at radius 1 is 1.12 bits per heavy atom. The van der Waals surface area contributed by atoms with Crippen LogP contribution in [-0.4, -0.2) is 59.3 Å². The lowest BCUT2D eigenvalue weighted by Gasteiger charge is -2.34. The highest BCUT2D eigenvalue weighted by atomic mass is 32.2. The molecule has 2 aromatic heterocycles.